The lowest BCUT2D eigenvalue weighted by Gasteiger charge is -2.09. The molecule has 0 spiro atoms. The van der Waals surface area contributed by atoms with Crippen LogP contribution in [0.2, 0.25) is 5.02 Å². The molecular formula is C12H11ClN2O4S. The maximum atomic E-state index is 12.1. The van der Waals surface area contributed by atoms with E-state index < -0.39 is 15.9 Å². The van der Waals surface area contributed by atoms with E-state index in [0.29, 0.717) is 16.3 Å². The minimum atomic E-state index is -3.88. The monoisotopic (exact) mass is 314 g/mol. The van der Waals surface area contributed by atoms with Crippen LogP contribution in [-0.4, -0.2) is 14.3 Å². The van der Waals surface area contributed by atoms with Crippen molar-refractivity contribution in [2.24, 2.45) is 5.73 Å². The number of sulfonamides is 1. The molecule has 1 amide bonds. The van der Waals surface area contributed by atoms with Crippen molar-refractivity contribution in [3.63, 3.8) is 0 Å². The Morgan fingerprint density at radius 1 is 1.40 bits per heavy atom. The van der Waals surface area contributed by atoms with Crippen LogP contribution < -0.4 is 10.5 Å². The zero-order valence-electron chi connectivity index (χ0n) is 10.4. The Kier molecular flexibility index (Phi) is 3.74. The first-order valence-corrected chi connectivity index (χ1v) is 7.33. The molecule has 0 aliphatic rings. The van der Waals surface area contributed by atoms with E-state index in [9.17, 15) is 13.2 Å². The Morgan fingerprint density at radius 3 is 2.70 bits per heavy atom. The third-order valence-electron chi connectivity index (χ3n) is 2.64. The highest BCUT2D eigenvalue weighted by molar-refractivity contribution is 7.92. The van der Waals surface area contributed by atoms with Gasteiger partial charge in [0.15, 0.2) is 5.76 Å². The number of furan rings is 1. The fraction of sp³-hybridized carbons (Fsp3) is 0.0833. The lowest BCUT2D eigenvalue weighted by atomic mass is 10.2. The Hall–Kier alpha value is -1.99. The van der Waals surface area contributed by atoms with Crippen molar-refractivity contribution in [2.75, 3.05) is 4.72 Å². The molecule has 0 saturated carbocycles. The van der Waals surface area contributed by atoms with Gasteiger partial charge in [-0.3, -0.25) is 9.52 Å². The van der Waals surface area contributed by atoms with E-state index in [1.165, 1.54) is 0 Å². The zero-order chi connectivity index (χ0) is 14.9. The van der Waals surface area contributed by atoms with Crippen LogP contribution in [0.25, 0.3) is 0 Å². The van der Waals surface area contributed by atoms with E-state index >= 15 is 0 Å². The molecule has 1 heterocycles. The average Bonchev–Trinajstić information content (AvgIpc) is 2.85. The molecule has 0 saturated heterocycles. The molecule has 2 rings (SSSR count). The van der Waals surface area contributed by atoms with Gasteiger partial charge in [-0.1, -0.05) is 17.7 Å². The summed E-state index contributed by atoms with van der Waals surface area (Å²) in [6.07, 6.45) is 0.947. The van der Waals surface area contributed by atoms with Gasteiger partial charge < -0.3 is 10.2 Å². The van der Waals surface area contributed by atoms with Gasteiger partial charge in [-0.2, -0.15) is 0 Å². The van der Waals surface area contributed by atoms with Gasteiger partial charge in [0.05, 0.1) is 5.69 Å². The second-order valence-electron chi connectivity index (χ2n) is 4.03. The first kappa shape index (κ1) is 14.4. The zero-order valence-corrected chi connectivity index (χ0v) is 12.0. The Labute approximate surface area is 120 Å². The van der Waals surface area contributed by atoms with Crippen molar-refractivity contribution in [1.29, 1.82) is 0 Å². The molecule has 0 aliphatic heterocycles. The number of hydrogen-bond donors (Lipinski definition) is 2. The molecule has 0 bridgehead atoms. The van der Waals surface area contributed by atoms with Crippen LogP contribution in [0.4, 0.5) is 5.69 Å². The van der Waals surface area contributed by atoms with Crippen molar-refractivity contribution in [1.82, 2.24) is 0 Å². The first-order valence-electron chi connectivity index (χ1n) is 5.47. The number of carbonyl (C=O) groups is 1. The first-order chi connectivity index (χ1) is 9.31. The lowest BCUT2D eigenvalue weighted by Crippen LogP contribution is -2.13. The van der Waals surface area contributed by atoms with Crippen molar-refractivity contribution < 1.29 is 17.6 Å². The SMILES string of the molecule is Cc1c(Cl)cccc1NS(=O)(=O)c1coc(C(N)=O)c1. The number of nitrogens with one attached hydrogen (secondary N) is 1. The van der Waals surface area contributed by atoms with E-state index in [0.717, 1.165) is 12.3 Å². The second kappa shape index (κ2) is 5.18. The summed E-state index contributed by atoms with van der Waals surface area (Å²) in [4.78, 5) is 10.7. The highest BCUT2D eigenvalue weighted by atomic mass is 35.5. The Morgan fingerprint density at radius 2 is 2.10 bits per heavy atom. The largest absolute Gasteiger partial charge is 0.458 e. The topological polar surface area (TPSA) is 102 Å². The smallest absolute Gasteiger partial charge is 0.284 e. The van der Waals surface area contributed by atoms with E-state index in [1.807, 2.05) is 0 Å². The Bertz CT molecular complexity index is 768. The van der Waals surface area contributed by atoms with Gasteiger partial charge >= 0.3 is 0 Å². The molecule has 8 heteroatoms. The molecular weight excluding hydrogens is 304 g/mol. The summed E-state index contributed by atoms with van der Waals surface area (Å²) in [6.45, 7) is 1.68. The normalized spacial score (nSPS) is 11.3. The maximum Gasteiger partial charge on any atom is 0.284 e. The van der Waals surface area contributed by atoms with Gasteiger partial charge in [0.25, 0.3) is 15.9 Å². The summed E-state index contributed by atoms with van der Waals surface area (Å²) in [7, 11) is -3.88. The maximum absolute atomic E-state index is 12.1. The molecule has 0 unspecified atom stereocenters. The molecule has 0 fully saturated rings. The predicted molar refractivity (Wildman–Crippen MR) is 74.2 cm³/mol. The van der Waals surface area contributed by atoms with Crippen LogP contribution >= 0.6 is 11.6 Å². The number of amides is 1. The summed E-state index contributed by atoms with van der Waals surface area (Å²) in [5.74, 6) is -1.07. The minimum Gasteiger partial charge on any atom is -0.458 e. The van der Waals surface area contributed by atoms with Crippen molar-refractivity contribution in [3.05, 3.63) is 46.9 Å². The fourth-order valence-corrected chi connectivity index (χ4v) is 2.75. The van der Waals surface area contributed by atoms with Crippen molar-refractivity contribution in [2.45, 2.75) is 11.8 Å². The number of primary amides is 1. The number of rotatable bonds is 4. The van der Waals surface area contributed by atoms with Crippen molar-refractivity contribution in [3.8, 4) is 0 Å². The minimum absolute atomic E-state index is 0.189. The number of benzene rings is 1. The molecule has 20 heavy (non-hydrogen) atoms. The van der Waals surface area contributed by atoms with Crippen LogP contribution in [0, 0.1) is 6.92 Å². The predicted octanol–water partition coefficient (Wildman–Crippen LogP) is 2.14. The molecule has 2 aromatic rings. The van der Waals surface area contributed by atoms with Crippen LogP contribution in [0.1, 0.15) is 16.1 Å². The third kappa shape index (κ3) is 2.78. The molecule has 106 valence electrons. The molecule has 0 radical (unpaired) electrons. The number of halogens is 1. The summed E-state index contributed by atoms with van der Waals surface area (Å²) >= 11 is 5.92. The molecule has 1 aromatic heterocycles. The quantitative estimate of drug-likeness (QED) is 0.902. The Balaban J connectivity index is 2.35. The summed E-state index contributed by atoms with van der Waals surface area (Å²) in [5.41, 5.74) is 5.94. The number of carbonyl (C=O) groups excluding carboxylic acids is 1. The molecule has 0 aliphatic carbocycles. The van der Waals surface area contributed by atoms with E-state index in [4.69, 9.17) is 21.8 Å². The number of hydrogen-bond acceptors (Lipinski definition) is 4. The van der Waals surface area contributed by atoms with E-state index in [-0.39, 0.29) is 10.7 Å². The lowest BCUT2D eigenvalue weighted by molar-refractivity contribution is 0.0974. The van der Waals surface area contributed by atoms with Gasteiger partial charge in [-0.15, -0.1) is 0 Å². The van der Waals surface area contributed by atoms with Crippen LogP contribution in [0.15, 0.2) is 39.8 Å². The summed E-state index contributed by atoms with van der Waals surface area (Å²) in [5, 5.41) is 0.440. The summed E-state index contributed by atoms with van der Waals surface area (Å²) < 4.78 is 31.4. The fourth-order valence-electron chi connectivity index (χ4n) is 1.51. The van der Waals surface area contributed by atoms with Crippen molar-refractivity contribution >= 4 is 33.2 Å². The van der Waals surface area contributed by atoms with Gasteiger partial charge in [-0.05, 0) is 24.6 Å². The highest BCUT2D eigenvalue weighted by Crippen LogP contribution is 2.25. The molecule has 1 aromatic carbocycles. The molecule has 0 atom stereocenters. The third-order valence-corrected chi connectivity index (χ3v) is 4.37. The van der Waals surface area contributed by atoms with Crippen LogP contribution in [0.3, 0.4) is 0 Å². The van der Waals surface area contributed by atoms with Gasteiger partial charge in [0, 0.05) is 11.1 Å². The number of nitrogens with two attached hydrogens (primary N) is 1. The van der Waals surface area contributed by atoms with Gasteiger partial charge in [0.1, 0.15) is 11.2 Å². The molecule has 3 N–H and O–H groups in total. The standard InChI is InChI=1S/C12H11ClN2O4S/c1-7-9(13)3-2-4-10(7)15-20(17,18)8-5-11(12(14)16)19-6-8/h2-6,15H,1H3,(H2,14,16). The second-order valence-corrected chi connectivity index (χ2v) is 6.12. The summed E-state index contributed by atoms with van der Waals surface area (Å²) in [6, 6.07) is 5.91. The average molecular weight is 315 g/mol. The van der Waals surface area contributed by atoms with Crippen LogP contribution in [-0.2, 0) is 10.0 Å². The van der Waals surface area contributed by atoms with E-state index in [2.05, 4.69) is 4.72 Å². The van der Waals surface area contributed by atoms with Crippen LogP contribution in [0.5, 0.6) is 0 Å². The highest BCUT2D eigenvalue weighted by Gasteiger charge is 2.20. The van der Waals surface area contributed by atoms with Gasteiger partial charge in [-0.25, -0.2) is 8.42 Å². The molecule has 6 nitrogen and oxygen atoms in total. The van der Waals surface area contributed by atoms with E-state index in [1.54, 1.807) is 25.1 Å². The number of anilines is 1. The van der Waals surface area contributed by atoms with Gasteiger partial charge in [0.2, 0.25) is 0 Å².